The first kappa shape index (κ1) is 18.7. The van der Waals surface area contributed by atoms with E-state index in [1.54, 1.807) is 6.07 Å². The summed E-state index contributed by atoms with van der Waals surface area (Å²) in [6.45, 7) is 0.661. The van der Waals surface area contributed by atoms with Crippen molar-refractivity contribution in [2.45, 2.75) is 56.7 Å². The summed E-state index contributed by atoms with van der Waals surface area (Å²) in [5.74, 6) is -1.44. The Labute approximate surface area is 160 Å². The third-order valence-corrected chi connectivity index (χ3v) is 5.63. The number of alkyl halides is 3. The highest BCUT2D eigenvalue weighted by Gasteiger charge is 2.50. The Hall–Kier alpha value is -2.69. The number of nitrogens with zero attached hydrogens (tertiary/aromatic N) is 4. The maximum absolute atomic E-state index is 13.3. The number of Topliss-reactive ketones (excluding diaryl/α,β-unsaturated/α-hetero) is 1. The van der Waals surface area contributed by atoms with E-state index in [0.717, 1.165) is 37.6 Å². The molecule has 2 heterocycles. The van der Waals surface area contributed by atoms with E-state index in [0.29, 0.717) is 18.8 Å². The van der Waals surface area contributed by atoms with Crippen molar-refractivity contribution in [1.29, 1.82) is 5.26 Å². The molecule has 2 aliphatic rings. The molecule has 0 saturated heterocycles. The van der Waals surface area contributed by atoms with Crippen molar-refractivity contribution in [2.75, 3.05) is 0 Å². The second kappa shape index (κ2) is 7.04. The highest BCUT2D eigenvalue weighted by molar-refractivity contribution is 5.92. The van der Waals surface area contributed by atoms with Crippen LogP contribution >= 0.6 is 0 Å². The van der Waals surface area contributed by atoms with E-state index in [4.69, 9.17) is 0 Å². The summed E-state index contributed by atoms with van der Waals surface area (Å²) in [6, 6.07) is 7.37. The third kappa shape index (κ3) is 3.30. The summed E-state index contributed by atoms with van der Waals surface area (Å²) in [6.07, 6.45) is -0.425. The zero-order chi connectivity index (χ0) is 19.9. The molecule has 1 aromatic heterocycles. The van der Waals surface area contributed by atoms with E-state index in [1.807, 2.05) is 10.6 Å². The summed E-state index contributed by atoms with van der Waals surface area (Å²) in [4.78, 5) is 13.0. The van der Waals surface area contributed by atoms with E-state index in [9.17, 15) is 23.2 Å². The van der Waals surface area contributed by atoms with Gasteiger partial charge < -0.3 is 4.57 Å². The lowest BCUT2D eigenvalue weighted by molar-refractivity contribution is -0.138. The molecule has 8 heteroatoms. The van der Waals surface area contributed by atoms with Crippen molar-refractivity contribution >= 4 is 5.78 Å². The average Bonchev–Trinajstić information content (AvgIpc) is 3.43. The van der Waals surface area contributed by atoms with Crippen LogP contribution in [0.15, 0.2) is 24.3 Å². The predicted octanol–water partition coefficient (Wildman–Crippen LogP) is 4.00. The minimum Gasteiger partial charge on any atom is -0.313 e. The van der Waals surface area contributed by atoms with Crippen LogP contribution in [0, 0.1) is 17.2 Å². The molecule has 1 saturated carbocycles. The summed E-state index contributed by atoms with van der Waals surface area (Å²) < 4.78 is 41.7. The Balaban J connectivity index is 1.58. The number of rotatable bonds is 4. The fraction of sp³-hybridized carbons (Fsp3) is 0.500. The number of carbonyl (C=O) groups excluding carboxylic acids is 1. The molecule has 1 aromatic carbocycles. The maximum Gasteiger partial charge on any atom is 0.416 e. The second-order valence-corrected chi connectivity index (χ2v) is 7.43. The van der Waals surface area contributed by atoms with Crippen molar-refractivity contribution in [1.82, 2.24) is 14.8 Å². The molecule has 1 aliphatic heterocycles. The Morgan fingerprint density at radius 3 is 2.75 bits per heavy atom. The number of benzene rings is 1. The fourth-order valence-electron chi connectivity index (χ4n) is 4.12. The number of ketones is 1. The molecule has 0 spiro atoms. The van der Waals surface area contributed by atoms with Crippen molar-refractivity contribution in [3.63, 3.8) is 0 Å². The quantitative estimate of drug-likeness (QED) is 0.794. The largest absolute Gasteiger partial charge is 0.416 e. The van der Waals surface area contributed by atoms with Gasteiger partial charge in [-0.2, -0.15) is 18.4 Å². The van der Waals surface area contributed by atoms with Gasteiger partial charge in [-0.25, -0.2) is 0 Å². The number of aromatic nitrogens is 3. The molecular formula is C20H19F3N4O. The summed E-state index contributed by atoms with van der Waals surface area (Å²) in [5.41, 5.74) is -0.578. The summed E-state index contributed by atoms with van der Waals surface area (Å²) in [7, 11) is 0. The summed E-state index contributed by atoms with van der Waals surface area (Å²) in [5, 5.41) is 17.8. The number of hydrogen-bond donors (Lipinski definition) is 0. The van der Waals surface area contributed by atoms with E-state index in [1.165, 1.54) is 12.1 Å². The molecule has 0 bridgehead atoms. The molecule has 0 N–H and O–H groups in total. The van der Waals surface area contributed by atoms with Gasteiger partial charge in [0.1, 0.15) is 5.82 Å². The highest BCUT2D eigenvalue weighted by Crippen LogP contribution is 2.52. The zero-order valence-electron chi connectivity index (χ0n) is 15.1. The van der Waals surface area contributed by atoms with Gasteiger partial charge in [0.2, 0.25) is 0 Å². The molecule has 3 atom stereocenters. The molecule has 146 valence electrons. The molecule has 0 amide bonds. The van der Waals surface area contributed by atoms with Crippen LogP contribution in [-0.2, 0) is 23.9 Å². The first-order chi connectivity index (χ1) is 13.4. The van der Waals surface area contributed by atoms with Crippen LogP contribution in [-0.4, -0.2) is 20.5 Å². The molecule has 5 nitrogen and oxygen atoms in total. The molecule has 28 heavy (non-hydrogen) atoms. The smallest absolute Gasteiger partial charge is 0.313 e. The highest BCUT2D eigenvalue weighted by atomic mass is 19.4. The van der Waals surface area contributed by atoms with Gasteiger partial charge in [-0.05, 0) is 36.8 Å². The van der Waals surface area contributed by atoms with Crippen LogP contribution in [0.3, 0.4) is 0 Å². The SMILES string of the molecule is N#C[C@H](C(=O)[C@H]1C[C@H]1c1ccccc1C(F)(F)F)c1nnc2n1CCCCC2. The Morgan fingerprint density at radius 1 is 1.21 bits per heavy atom. The number of fused-ring (bicyclic) bond motifs is 1. The third-order valence-electron chi connectivity index (χ3n) is 5.63. The van der Waals surface area contributed by atoms with Crippen molar-refractivity contribution in [3.8, 4) is 6.07 Å². The maximum atomic E-state index is 13.3. The number of hydrogen-bond acceptors (Lipinski definition) is 4. The molecule has 2 aromatic rings. The first-order valence-electron chi connectivity index (χ1n) is 9.43. The van der Waals surface area contributed by atoms with Crippen molar-refractivity contribution in [3.05, 3.63) is 47.0 Å². The topological polar surface area (TPSA) is 71.6 Å². The van der Waals surface area contributed by atoms with Gasteiger partial charge in [-0.1, -0.05) is 24.6 Å². The van der Waals surface area contributed by atoms with Crippen LogP contribution in [0.5, 0.6) is 0 Å². The fourth-order valence-corrected chi connectivity index (χ4v) is 4.12. The minimum absolute atomic E-state index is 0.130. The monoisotopic (exact) mass is 388 g/mol. The normalized spacial score (nSPS) is 22.6. The molecule has 4 rings (SSSR count). The average molecular weight is 388 g/mol. The lowest BCUT2D eigenvalue weighted by atomic mass is 9.96. The molecular weight excluding hydrogens is 369 g/mol. The standard InChI is InChI=1S/C20H19F3N4O/c21-20(22,23)16-7-4-3-6-12(16)13-10-14(13)18(28)15(11-24)19-26-25-17-8-2-1-5-9-27(17)19/h3-4,6-7,13-15H,1-2,5,8-10H2/t13-,14-,15+/m0/s1. The van der Waals surface area contributed by atoms with Gasteiger partial charge in [0.25, 0.3) is 0 Å². The van der Waals surface area contributed by atoms with Gasteiger partial charge in [-0.15, -0.1) is 10.2 Å². The van der Waals surface area contributed by atoms with E-state index >= 15 is 0 Å². The number of carbonyl (C=O) groups is 1. The van der Waals surface area contributed by atoms with Gasteiger partial charge in [0.05, 0.1) is 11.6 Å². The van der Waals surface area contributed by atoms with Gasteiger partial charge in [0.15, 0.2) is 17.5 Å². The predicted molar refractivity (Wildman–Crippen MR) is 93.2 cm³/mol. The lowest BCUT2D eigenvalue weighted by Crippen LogP contribution is -2.19. The number of aryl methyl sites for hydroxylation is 1. The van der Waals surface area contributed by atoms with Crippen LogP contribution in [0.1, 0.15) is 60.3 Å². The van der Waals surface area contributed by atoms with E-state index in [-0.39, 0.29) is 11.3 Å². The first-order valence-corrected chi connectivity index (χ1v) is 9.43. The summed E-state index contributed by atoms with van der Waals surface area (Å²) >= 11 is 0. The van der Waals surface area contributed by atoms with E-state index < -0.39 is 29.5 Å². The Kier molecular flexibility index (Phi) is 4.69. The van der Waals surface area contributed by atoms with Crippen molar-refractivity contribution < 1.29 is 18.0 Å². The van der Waals surface area contributed by atoms with Crippen LogP contribution in [0.2, 0.25) is 0 Å². The van der Waals surface area contributed by atoms with Crippen LogP contribution in [0.4, 0.5) is 13.2 Å². The zero-order valence-corrected chi connectivity index (χ0v) is 15.1. The lowest BCUT2D eigenvalue weighted by Gasteiger charge is -2.13. The molecule has 0 radical (unpaired) electrons. The Bertz CT molecular complexity index is 944. The van der Waals surface area contributed by atoms with Crippen LogP contribution < -0.4 is 0 Å². The van der Waals surface area contributed by atoms with Gasteiger partial charge >= 0.3 is 6.18 Å². The van der Waals surface area contributed by atoms with Crippen LogP contribution in [0.25, 0.3) is 0 Å². The molecule has 1 fully saturated rings. The number of halogens is 3. The van der Waals surface area contributed by atoms with Gasteiger partial charge in [0, 0.05) is 18.9 Å². The van der Waals surface area contributed by atoms with Gasteiger partial charge in [-0.3, -0.25) is 4.79 Å². The van der Waals surface area contributed by atoms with Crippen molar-refractivity contribution in [2.24, 2.45) is 5.92 Å². The second-order valence-electron chi connectivity index (χ2n) is 7.43. The minimum atomic E-state index is -4.47. The van der Waals surface area contributed by atoms with E-state index in [2.05, 4.69) is 10.2 Å². The molecule has 1 aliphatic carbocycles. The number of nitriles is 1. The Morgan fingerprint density at radius 2 is 2.00 bits per heavy atom. The molecule has 0 unspecified atom stereocenters.